The molecule has 0 saturated carbocycles. The lowest BCUT2D eigenvalue weighted by Crippen LogP contribution is -2.19. The predicted molar refractivity (Wildman–Crippen MR) is 149 cm³/mol. The van der Waals surface area contributed by atoms with Crippen LogP contribution in [0.15, 0.2) is 58.7 Å². The Morgan fingerprint density at radius 1 is 0.550 bits per heavy atom. The summed E-state index contributed by atoms with van der Waals surface area (Å²) < 4.78 is 31.8. The average molecular weight is 551 g/mol. The highest BCUT2D eigenvalue weighted by Crippen LogP contribution is 2.38. The van der Waals surface area contributed by atoms with Crippen molar-refractivity contribution in [2.45, 2.75) is 0 Å². The van der Waals surface area contributed by atoms with Gasteiger partial charge in [0, 0.05) is 22.3 Å². The SMILES string of the molecule is COc1cc(/C=N/NC(=O)c2ccc(C(=O)N/N=C/c3cc(OC)c(OC)c(OC)c3)cc2)cc(OC)c1OC. The van der Waals surface area contributed by atoms with Crippen LogP contribution in [0.1, 0.15) is 31.8 Å². The first kappa shape index (κ1) is 29.3. The van der Waals surface area contributed by atoms with E-state index in [-0.39, 0.29) is 0 Å². The van der Waals surface area contributed by atoms with Crippen molar-refractivity contribution >= 4 is 24.2 Å². The number of rotatable bonds is 12. The van der Waals surface area contributed by atoms with Crippen LogP contribution in [0.5, 0.6) is 34.5 Å². The molecule has 3 rings (SSSR count). The van der Waals surface area contributed by atoms with Gasteiger partial charge in [-0.3, -0.25) is 9.59 Å². The second-order valence-corrected chi connectivity index (χ2v) is 7.89. The summed E-state index contributed by atoms with van der Waals surface area (Å²) in [7, 11) is 9.04. The zero-order valence-electron chi connectivity index (χ0n) is 22.9. The quantitative estimate of drug-likeness (QED) is 0.259. The molecule has 210 valence electrons. The Kier molecular flexibility index (Phi) is 10.3. The molecule has 0 bridgehead atoms. The second-order valence-electron chi connectivity index (χ2n) is 7.89. The highest BCUT2D eigenvalue weighted by Gasteiger charge is 2.14. The molecule has 2 amide bonds. The van der Waals surface area contributed by atoms with E-state index in [4.69, 9.17) is 28.4 Å². The number of carbonyl (C=O) groups is 2. The molecule has 0 aliphatic carbocycles. The molecule has 12 nitrogen and oxygen atoms in total. The Morgan fingerprint density at radius 2 is 0.850 bits per heavy atom. The minimum absolute atomic E-state index is 0.305. The summed E-state index contributed by atoms with van der Waals surface area (Å²) in [6.07, 6.45) is 2.88. The largest absolute Gasteiger partial charge is 0.493 e. The van der Waals surface area contributed by atoms with E-state index in [1.165, 1.54) is 79.4 Å². The molecule has 0 fully saturated rings. The van der Waals surface area contributed by atoms with Crippen LogP contribution >= 0.6 is 0 Å². The van der Waals surface area contributed by atoms with Gasteiger partial charge in [-0.25, -0.2) is 10.9 Å². The molecule has 2 N–H and O–H groups in total. The molecule has 0 spiro atoms. The summed E-state index contributed by atoms with van der Waals surface area (Å²) in [5.74, 6) is 1.79. The molecular formula is C28H30N4O8. The highest BCUT2D eigenvalue weighted by atomic mass is 16.5. The first-order valence-corrected chi connectivity index (χ1v) is 11.8. The zero-order chi connectivity index (χ0) is 29.1. The van der Waals surface area contributed by atoms with Gasteiger partial charge in [-0.1, -0.05) is 0 Å². The molecule has 0 aliphatic heterocycles. The van der Waals surface area contributed by atoms with E-state index in [0.29, 0.717) is 56.8 Å². The minimum atomic E-state index is -0.462. The normalized spacial score (nSPS) is 10.8. The number of amides is 2. The monoisotopic (exact) mass is 550 g/mol. The van der Waals surface area contributed by atoms with Crippen LogP contribution < -0.4 is 39.3 Å². The predicted octanol–water partition coefficient (Wildman–Crippen LogP) is 3.27. The average Bonchev–Trinajstić information content (AvgIpc) is 2.99. The third kappa shape index (κ3) is 6.98. The van der Waals surface area contributed by atoms with Gasteiger partial charge in [0.05, 0.1) is 55.1 Å². The molecule has 0 aromatic heterocycles. The first-order chi connectivity index (χ1) is 19.4. The van der Waals surface area contributed by atoms with Crippen molar-refractivity contribution in [3.63, 3.8) is 0 Å². The summed E-state index contributed by atoms with van der Waals surface area (Å²) >= 11 is 0. The summed E-state index contributed by atoms with van der Waals surface area (Å²) in [4.78, 5) is 25.0. The van der Waals surface area contributed by atoms with Gasteiger partial charge >= 0.3 is 0 Å². The van der Waals surface area contributed by atoms with Gasteiger partial charge in [0.15, 0.2) is 23.0 Å². The Bertz CT molecular complexity index is 1250. The number of hydrogen-bond donors (Lipinski definition) is 2. The van der Waals surface area contributed by atoms with Gasteiger partial charge in [0.1, 0.15) is 0 Å². The van der Waals surface area contributed by atoms with Crippen molar-refractivity contribution in [3.8, 4) is 34.5 Å². The molecule has 0 unspecified atom stereocenters. The van der Waals surface area contributed by atoms with Crippen molar-refractivity contribution in [2.75, 3.05) is 42.7 Å². The molecule has 40 heavy (non-hydrogen) atoms. The minimum Gasteiger partial charge on any atom is -0.493 e. The maximum atomic E-state index is 12.5. The van der Waals surface area contributed by atoms with Crippen LogP contribution in [0.4, 0.5) is 0 Å². The Balaban J connectivity index is 1.61. The standard InChI is InChI=1S/C28H30N4O8/c1-35-21-11-17(12-22(36-2)25(21)39-5)15-29-31-27(33)19-7-9-20(10-8-19)28(34)32-30-16-18-13-23(37-3)26(40-6)24(14-18)38-4/h7-16H,1-6H3,(H,31,33)(H,32,34)/b29-15+,30-16+. The lowest BCUT2D eigenvalue weighted by Gasteiger charge is -2.12. The second kappa shape index (κ2) is 14.0. The first-order valence-electron chi connectivity index (χ1n) is 11.8. The van der Waals surface area contributed by atoms with Gasteiger partial charge in [-0.2, -0.15) is 10.2 Å². The Hall–Kier alpha value is -5.26. The highest BCUT2D eigenvalue weighted by molar-refractivity contribution is 5.98. The number of carbonyl (C=O) groups excluding carboxylic acids is 2. The molecule has 0 saturated heterocycles. The van der Waals surface area contributed by atoms with Crippen LogP contribution in [0.25, 0.3) is 0 Å². The molecule has 0 heterocycles. The maximum Gasteiger partial charge on any atom is 0.271 e. The number of benzene rings is 3. The molecule has 3 aromatic rings. The fourth-order valence-corrected chi connectivity index (χ4v) is 3.58. The smallest absolute Gasteiger partial charge is 0.271 e. The Morgan fingerprint density at radius 3 is 1.10 bits per heavy atom. The third-order valence-electron chi connectivity index (χ3n) is 5.54. The van der Waals surface area contributed by atoms with Gasteiger partial charge in [0.25, 0.3) is 11.8 Å². The number of methoxy groups -OCH3 is 6. The van der Waals surface area contributed by atoms with Crippen LogP contribution in [-0.2, 0) is 0 Å². The van der Waals surface area contributed by atoms with Gasteiger partial charge in [0.2, 0.25) is 11.5 Å². The number of nitrogens with one attached hydrogen (secondary N) is 2. The van der Waals surface area contributed by atoms with E-state index >= 15 is 0 Å². The lowest BCUT2D eigenvalue weighted by atomic mass is 10.1. The number of ether oxygens (including phenoxy) is 6. The topological polar surface area (TPSA) is 138 Å². The van der Waals surface area contributed by atoms with E-state index in [1.54, 1.807) is 24.3 Å². The fraction of sp³-hybridized carbons (Fsp3) is 0.214. The number of hydrazone groups is 2. The summed E-state index contributed by atoms with van der Waals surface area (Å²) in [6.45, 7) is 0. The van der Waals surface area contributed by atoms with Crippen LogP contribution in [-0.4, -0.2) is 66.9 Å². The molecular weight excluding hydrogens is 520 g/mol. The maximum absolute atomic E-state index is 12.5. The van der Waals surface area contributed by atoms with Crippen molar-refractivity contribution in [3.05, 3.63) is 70.8 Å². The van der Waals surface area contributed by atoms with Crippen molar-refractivity contribution in [2.24, 2.45) is 10.2 Å². The van der Waals surface area contributed by atoms with Crippen molar-refractivity contribution in [1.29, 1.82) is 0 Å². The summed E-state index contributed by atoms with van der Waals surface area (Å²) in [6, 6.07) is 12.8. The fourth-order valence-electron chi connectivity index (χ4n) is 3.58. The van der Waals surface area contributed by atoms with Gasteiger partial charge in [-0.05, 0) is 48.5 Å². The van der Waals surface area contributed by atoms with Crippen LogP contribution in [0.3, 0.4) is 0 Å². The van der Waals surface area contributed by atoms with E-state index in [2.05, 4.69) is 21.1 Å². The number of nitrogens with zero attached hydrogens (tertiary/aromatic N) is 2. The summed E-state index contributed by atoms with van der Waals surface area (Å²) in [5.41, 5.74) is 6.74. The van der Waals surface area contributed by atoms with E-state index in [9.17, 15) is 9.59 Å². The molecule has 12 heteroatoms. The number of hydrogen-bond acceptors (Lipinski definition) is 10. The molecule has 0 radical (unpaired) electrons. The zero-order valence-corrected chi connectivity index (χ0v) is 22.9. The van der Waals surface area contributed by atoms with Gasteiger partial charge < -0.3 is 28.4 Å². The van der Waals surface area contributed by atoms with Crippen LogP contribution in [0, 0.1) is 0 Å². The van der Waals surface area contributed by atoms with Crippen LogP contribution in [0.2, 0.25) is 0 Å². The van der Waals surface area contributed by atoms with Gasteiger partial charge in [-0.15, -0.1) is 0 Å². The van der Waals surface area contributed by atoms with E-state index in [0.717, 1.165) is 0 Å². The summed E-state index contributed by atoms with van der Waals surface area (Å²) in [5, 5.41) is 7.97. The molecule has 3 aromatic carbocycles. The Labute approximate surface area is 231 Å². The van der Waals surface area contributed by atoms with E-state index in [1.807, 2.05) is 0 Å². The molecule has 0 aliphatic rings. The van der Waals surface area contributed by atoms with Crippen molar-refractivity contribution < 1.29 is 38.0 Å². The molecule has 0 atom stereocenters. The lowest BCUT2D eigenvalue weighted by molar-refractivity contribution is 0.0943. The van der Waals surface area contributed by atoms with E-state index < -0.39 is 11.8 Å². The third-order valence-corrected chi connectivity index (χ3v) is 5.54. The van der Waals surface area contributed by atoms with Crippen molar-refractivity contribution in [1.82, 2.24) is 10.9 Å².